The maximum absolute atomic E-state index is 13.7. The third-order valence-corrected chi connectivity index (χ3v) is 4.00. The Morgan fingerprint density at radius 3 is 3.04 bits per heavy atom. The molecule has 0 saturated heterocycles. The van der Waals surface area contributed by atoms with Gasteiger partial charge in [-0.15, -0.1) is 0 Å². The number of aromatic nitrogens is 3. The molecule has 1 aromatic carbocycles. The van der Waals surface area contributed by atoms with Crippen LogP contribution in [0.1, 0.15) is 29.0 Å². The van der Waals surface area contributed by atoms with Gasteiger partial charge in [-0.3, -0.25) is 9.36 Å². The van der Waals surface area contributed by atoms with E-state index in [0.29, 0.717) is 31.6 Å². The first kappa shape index (κ1) is 15.3. The van der Waals surface area contributed by atoms with Gasteiger partial charge >= 0.3 is 5.69 Å². The monoisotopic (exact) mass is 320 g/mol. The Bertz CT molecular complexity index is 783. The van der Waals surface area contributed by atoms with Crippen LogP contribution in [0, 0.1) is 5.82 Å². The topological polar surface area (TPSA) is 89.0 Å². The van der Waals surface area contributed by atoms with Crippen molar-refractivity contribution in [3.05, 3.63) is 45.9 Å². The molecule has 1 unspecified atom stereocenters. The van der Waals surface area contributed by atoms with Gasteiger partial charge in [0.25, 0.3) is 5.91 Å². The molecule has 1 aliphatic rings. The van der Waals surface area contributed by atoms with Crippen LogP contribution in [-0.4, -0.2) is 33.8 Å². The fraction of sp³-hybridized carbons (Fsp3) is 0.400. The van der Waals surface area contributed by atoms with E-state index in [2.05, 4.69) is 15.5 Å². The number of halogens is 1. The van der Waals surface area contributed by atoms with E-state index in [1.165, 1.54) is 19.2 Å². The molecule has 23 heavy (non-hydrogen) atoms. The Kier molecular flexibility index (Phi) is 4.14. The van der Waals surface area contributed by atoms with Crippen molar-refractivity contribution in [1.29, 1.82) is 0 Å². The zero-order valence-corrected chi connectivity index (χ0v) is 12.6. The van der Waals surface area contributed by atoms with Crippen LogP contribution in [0.2, 0.25) is 0 Å². The van der Waals surface area contributed by atoms with Gasteiger partial charge in [0.15, 0.2) is 11.6 Å². The van der Waals surface area contributed by atoms with Crippen molar-refractivity contribution < 1.29 is 13.9 Å². The summed E-state index contributed by atoms with van der Waals surface area (Å²) in [6.07, 6.45) is 1.89. The zero-order valence-electron chi connectivity index (χ0n) is 12.6. The van der Waals surface area contributed by atoms with E-state index in [1.54, 1.807) is 4.57 Å². The van der Waals surface area contributed by atoms with Crippen molar-refractivity contribution in [1.82, 2.24) is 20.1 Å². The van der Waals surface area contributed by atoms with Crippen LogP contribution in [0.15, 0.2) is 23.0 Å². The van der Waals surface area contributed by atoms with Crippen molar-refractivity contribution in [2.45, 2.75) is 31.8 Å². The number of amides is 1. The van der Waals surface area contributed by atoms with E-state index in [4.69, 9.17) is 4.74 Å². The van der Waals surface area contributed by atoms with Crippen LogP contribution in [0.4, 0.5) is 4.39 Å². The van der Waals surface area contributed by atoms with Gasteiger partial charge in [-0.25, -0.2) is 14.3 Å². The molecule has 0 saturated carbocycles. The van der Waals surface area contributed by atoms with Gasteiger partial charge in [0, 0.05) is 24.6 Å². The molecule has 122 valence electrons. The smallest absolute Gasteiger partial charge is 0.343 e. The molecule has 1 aliphatic heterocycles. The minimum absolute atomic E-state index is 0.0891. The van der Waals surface area contributed by atoms with Crippen LogP contribution < -0.4 is 15.7 Å². The molecule has 0 aliphatic carbocycles. The number of nitrogens with zero attached hydrogens (tertiary/aromatic N) is 2. The van der Waals surface area contributed by atoms with Crippen LogP contribution >= 0.6 is 0 Å². The number of fused-ring (bicyclic) bond motifs is 1. The first-order chi connectivity index (χ1) is 11.1. The Morgan fingerprint density at radius 1 is 1.48 bits per heavy atom. The second-order valence-electron chi connectivity index (χ2n) is 5.44. The van der Waals surface area contributed by atoms with Gasteiger partial charge in [0.2, 0.25) is 0 Å². The summed E-state index contributed by atoms with van der Waals surface area (Å²) in [6.45, 7) is 0.493. The van der Waals surface area contributed by atoms with Crippen molar-refractivity contribution in [3.63, 3.8) is 0 Å². The van der Waals surface area contributed by atoms with Gasteiger partial charge in [-0.05, 0) is 31.0 Å². The molecule has 2 aromatic rings. The Morgan fingerprint density at radius 2 is 2.30 bits per heavy atom. The molecule has 7 nitrogen and oxygen atoms in total. The molecule has 0 radical (unpaired) electrons. The van der Waals surface area contributed by atoms with Gasteiger partial charge in [-0.1, -0.05) is 0 Å². The SMILES string of the molecule is COc1ccc(C(=O)NC2CCc3n[nH]c(=O)n3CC2)cc1F. The van der Waals surface area contributed by atoms with Gasteiger partial charge in [0.1, 0.15) is 5.82 Å². The highest BCUT2D eigenvalue weighted by Gasteiger charge is 2.21. The number of aryl methyl sites for hydroxylation is 1. The average Bonchev–Trinajstić information content (AvgIpc) is 2.77. The summed E-state index contributed by atoms with van der Waals surface area (Å²) in [7, 11) is 1.37. The van der Waals surface area contributed by atoms with Crippen LogP contribution in [-0.2, 0) is 13.0 Å². The highest BCUT2D eigenvalue weighted by molar-refractivity contribution is 5.94. The lowest BCUT2D eigenvalue weighted by molar-refractivity contribution is 0.0932. The van der Waals surface area contributed by atoms with Crippen LogP contribution in [0.3, 0.4) is 0 Å². The fourth-order valence-corrected chi connectivity index (χ4v) is 2.73. The molecule has 0 spiro atoms. The lowest BCUT2D eigenvalue weighted by atomic mass is 10.1. The number of benzene rings is 1. The maximum Gasteiger partial charge on any atom is 0.343 e. The third-order valence-electron chi connectivity index (χ3n) is 4.00. The minimum Gasteiger partial charge on any atom is -0.494 e. The normalized spacial score (nSPS) is 17.2. The number of carbonyl (C=O) groups is 1. The number of methoxy groups -OCH3 is 1. The molecule has 1 amide bonds. The summed E-state index contributed by atoms with van der Waals surface area (Å²) in [6, 6.07) is 4.00. The zero-order chi connectivity index (χ0) is 16.4. The predicted octanol–water partition coefficient (Wildman–Crippen LogP) is 0.854. The quantitative estimate of drug-likeness (QED) is 0.877. The summed E-state index contributed by atoms with van der Waals surface area (Å²) in [5.41, 5.74) is 0.00679. The van der Waals surface area contributed by atoms with E-state index in [9.17, 15) is 14.0 Å². The molecule has 2 N–H and O–H groups in total. The number of rotatable bonds is 3. The summed E-state index contributed by atoms with van der Waals surface area (Å²) < 4.78 is 20.1. The molecule has 1 atom stereocenters. The van der Waals surface area contributed by atoms with Crippen LogP contribution in [0.25, 0.3) is 0 Å². The molecule has 3 rings (SSSR count). The molecule has 0 bridgehead atoms. The Labute approximate surface area is 131 Å². The highest BCUT2D eigenvalue weighted by atomic mass is 19.1. The van der Waals surface area contributed by atoms with Crippen molar-refractivity contribution in [3.8, 4) is 5.75 Å². The number of carbonyl (C=O) groups excluding carboxylic acids is 1. The molecular weight excluding hydrogens is 303 g/mol. The predicted molar refractivity (Wildman–Crippen MR) is 80.0 cm³/mol. The average molecular weight is 320 g/mol. The number of nitrogens with one attached hydrogen (secondary N) is 2. The van der Waals surface area contributed by atoms with E-state index in [-0.39, 0.29) is 29.0 Å². The van der Waals surface area contributed by atoms with E-state index < -0.39 is 5.82 Å². The van der Waals surface area contributed by atoms with Gasteiger partial charge in [-0.2, -0.15) is 5.10 Å². The Hall–Kier alpha value is -2.64. The standard InChI is InChI=1S/C15H17FN4O3/c1-23-12-4-2-9(8-11(12)16)14(21)17-10-3-5-13-18-19-15(22)20(13)7-6-10/h2,4,8,10H,3,5-7H2,1H3,(H,17,21)(H,19,22). The van der Waals surface area contributed by atoms with E-state index >= 15 is 0 Å². The second kappa shape index (κ2) is 6.23. The molecule has 8 heteroatoms. The second-order valence-corrected chi connectivity index (χ2v) is 5.44. The summed E-state index contributed by atoms with van der Waals surface area (Å²) in [4.78, 5) is 23.8. The highest BCUT2D eigenvalue weighted by Crippen LogP contribution is 2.18. The lowest BCUT2D eigenvalue weighted by Crippen LogP contribution is -2.35. The van der Waals surface area contributed by atoms with Gasteiger partial charge < -0.3 is 10.1 Å². The third kappa shape index (κ3) is 3.10. The first-order valence-electron chi connectivity index (χ1n) is 7.37. The Balaban J connectivity index is 1.67. The summed E-state index contributed by atoms with van der Waals surface area (Å²) in [5.74, 6) is -0.124. The number of aromatic amines is 1. The van der Waals surface area contributed by atoms with Crippen molar-refractivity contribution in [2.75, 3.05) is 7.11 Å². The lowest BCUT2D eigenvalue weighted by Gasteiger charge is -2.16. The number of hydrogen-bond donors (Lipinski definition) is 2. The van der Waals surface area contributed by atoms with E-state index in [0.717, 1.165) is 6.07 Å². The van der Waals surface area contributed by atoms with Crippen LogP contribution in [0.5, 0.6) is 5.75 Å². The van der Waals surface area contributed by atoms with E-state index in [1.807, 2.05) is 0 Å². The van der Waals surface area contributed by atoms with Crippen molar-refractivity contribution in [2.24, 2.45) is 0 Å². The maximum atomic E-state index is 13.7. The van der Waals surface area contributed by atoms with Crippen molar-refractivity contribution >= 4 is 5.91 Å². The summed E-state index contributed by atoms with van der Waals surface area (Å²) >= 11 is 0. The molecule has 0 fully saturated rings. The number of hydrogen-bond acceptors (Lipinski definition) is 4. The minimum atomic E-state index is -0.576. The molecule has 1 aromatic heterocycles. The number of H-pyrrole nitrogens is 1. The first-order valence-corrected chi connectivity index (χ1v) is 7.37. The molecule has 2 heterocycles. The number of ether oxygens (including phenoxy) is 1. The summed E-state index contributed by atoms with van der Waals surface area (Å²) in [5, 5.41) is 9.27. The molecular formula is C15H17FN4O3. The fourth-order valence-electron chi connectivity index (χ4n) is 2.73. The largest absolute Gasteiger partial charge is 0.494 e. The van der Waals surface area contributed by atoms with Gasteiger partial charge in [0.05, 0.1) is 7.11 Å².